The van der Waals surface area contributed by atoms with Crippen LogP contribution in [0.25, 0.3) is 0 Å². The predicted octanol–water partition coefficient (Wildman–Crippen LogP) is 2.19. The van der Waals surface area contributed by atoms with Crippen LogP contribution in [-0.2, 0) is 7.05 Å². The Morgan fingerprint density at radius 3 is 2.56 bits per heavy atom. The van der Waals surface area contributed by atoms with Gasteiger partial charge in [0.05, 0.1) is 5.69 Å². The number of hydrogen-bond donors (Lipinski definition) is 1. The van der Waals surface area contributed by atoms with E-state index in [0.29, 0.717) is 11.4 Å². The van der Waals surface area contributed by atoms with Crippen LogP contribution in [0.4, 0.5) is 11.4 Å². The molecule has 0 saturated carbocycles. The summed E-state index contributed by atoms with van der Waals surface area (Å²) in [6.07, 6.45) is 1.74. The lowest BCUT2D eigenvalue weighted by Crippen LogP contribution is -2.28. The maximum atomic E-state index is 12.4. The summed E-state index contributed by atoms with van der Waals surface area (Å²) >= 11 is 0. The molecule has 1 aromatic carbocycles. The number of carbonyl (C=O) groups excluding carboxylic acids is 1. The van der Waals surface area contributed by atoms with Gasteiger partial charge in [-0.15, -0.1) is 0 Å². The third-order valence-corrected chi connectivity index (χ3v) is 3.03. The van der Waals surface area contributed by atoms with Crippen LogP contribution < -0.4 is 10.6 Å². The van der Waals surface area contributed by atoms with Gasteiger partial charge >= 0.3 is 0 Å². The molecule has 2 aromatic rings. The second kappa shape index (κ2) is 4.56. The molecule has 0 bridgehead atoms. The standard InChI is InChI=1S/C14H17N3O/c1-10-6-4-5-7-12(10)17(3)14(18)13-8-11(15)9-16(13)2/h4-9H,15H2,1-3H3. The van der Waals surface area contributed by atoms with E-state index < -0.39 is 0 Å². The van der Waals surface area contributed by atoms with E-state index in [1.54, 1.807) is 28.8 Å². The number of para-hydroxylation sites is 1. The number of rotatable bonds is 2. The molecule has 18 heavy (non-hydrogen) atoms. The lowest BCUT2D eigenvalue weighted by molar-refractivity contribution is 0.0985. The quantitative estimate of drug-likeness (QED) is 0.879. The van der Waals surface area contributed by atoms with Gasteiger partial charge in [0.15, 0.2) is 0 Å². The first-order chi connectivity index (χ1) is 8.50. The Labute approximate surface area is 107 Å². The van der Waals surface area contributed by atoms with E-state index in [-0.39, 0.29) is 5.91 Å². The van der Waals surface area contributed by atoms with E-state index >= 15 is 0 Å². The molecule has 94 valence electrons. The van der Waals surface area contributed by atoms with Crippen molar-refractivity contribution in [2.24, 2.45) is 7.05 Å². The van der Waals surface area contributed by atoms with Crippen LogP contribution in [0, 0.1) is 6.92 Å². The third kappa shape index (κ3) is 2.09. The summed E-state index contributed by atoms with van der Waals surface area (Å²) in [6, 6.07) is 9.48. The highest BCUT2D eigenvalue weighted by atomic mass is 16.2. The zero-order valence-corrected chi connectivity index (χ0v) is 10.8. The highest BCUT2D eigenvalue weighted by Crippen LogP contribution is 2.20. The summed E-state index contributed by atoms with van der Waals surface area (Å²) in [6.45, 7) is 1.98. The molecule has 4 heteroatoms. The van der Waals surface area contributed by atoms with E-state index in [9.17, 15) is 4.79 Å². The zero-order valence-electron chi connectivity index (χ0n) is 10.8. The molecular weight excluding hydrogens is 226 g/mol. The molecule has 1 heterocycles. The van der Waals surface area contributed by atoms with Gasteiger partial charge in [-0.3, -0.25) is 4.79 Å². The van der Waals surface area contributed by atoms with Gasteiger partial charge in [-0.25, -0.2) is 0 Å². The number of anilines is 2. The summed E-state index contributed by atoms with van der Waals surface area (Å²) < 4.78 is 1.74. The number of aromatic nitrogens is 1. The number of aryl methyl sites for hydroxylation is 2. The average molecular weight is 243 g/mol. The smallest absolute Gasteiger partial charge is 0.274 e. The van der Waals surface area contributed by atoms with E-state index in [2.05, 4.69) is 0 Å². The molecule has 0 atom stereocenters. The largest absolute Gasteiger partial charge is 0.397 e. The van der Waals surface area contributed by atoms with Crippen molar-refractivity contribution in [3.8, 4) is 0 Å². The number of nitrogens with zero attached hydrogens (tertiary/aromatic N) is 2. The first kappa shape index (κ1) is 12.2. The van der Waals surface area contributed by atoms with Crippen molar-refractivity contribution in [2.75, 3.05) is 17.7 Å². The highest BCUT2D eigenvalue weighted by Gasteiger charge is 2.17. The monoisotopic (exact) mass is 243 g/mol. The zero-order chi connectivity index (χ0) is 13.3. The molecule has 0 aliphatic rings. The molecule has 0 aliphatic carbocycles. The number of nitrogens with two attached hydrogens (primary N) is 1. The Kier molecular flexibility index (Phi) is 3.10. The highest BCUT2D eigenvalue weighted by molar-refractivity contribution is 6.05. The predicted molar refractivity (Wildman–Crippen MR) is 73.7 cm³/mol. The van der Waals surface area contributed by atoms with Crippen LogP contribution in [-0.4, -0.2) is 17.5 Å². The number of carbonyl (C=O) groups is 1. The van der Waals surface area contributed by atoms with Gasteiger partial charge in [-0.1, -0.05) is 18.2 Å². The van der Waals surface area contributed by atoms with Crippen LogP contribution in [0.3, 0.4) is 0 Å². The second-order valence-corrected chi connectivity index (χ2v) is 4.42. The Morgan fingerprint density at radius 2 is 2.00 bits per heavy atom. The third-order valence-electron chi connectivity index (χ3n) is 3.03. The molecule has 1 amide bonds. The molecule has 2 N–H and O–H groups in total. The summed E-state index contributed by atoms with van der Waals surface area (Å²) in [4.78, 5) is 14.0. The van der Waals surface area contributed by atoms with Crippen molar-refractivity contribution in [3.63, 3.8) is 0 Å². The Balaban J connectivity index is 2.35. The topological polar surface area (TPSA) is 51.3 Å². The minimum absolute atomic E-state index is 0.0662. The van der Waals surface area contributed by atoms with E-state index in [1.165, 1.54) is 0 Å². The van der Waals surface area contributed by atoms with E-state index in [4.69, 9.17) is 5.73 Å². The van der Waals surface area contributed by atoms with Crippen LogP contribution in [0.1, 0.15) is 16.1 Å². The van der Waals surface area contributed by atoms with Gasteiger partial charge in [0, 0.05) is 26.0 Å². The van der Waals surface area contributed by atoms with Gasteiger partial charge in [-0.05, 0) is 24.6 Å². The molecule has 0 radical (unpaired) electrons. The summed E-state index contributed by atoms with van der Waals surface area (Å²) in [5.41, 5.74) is 8.84. The maximum absolute atomic E-state index is 12.4. The van der Waals surface area contributed by atoms with Crippen molar-refractivity contribution in [1.29, 1.82) is 0 Å². The number of nitrogen functional groups attached to an aromatic ring is 1. The van der Waals surface area contributed by atoms with Crippen molar-refractivity contribution >= 4 is 17.3 Å². The average Bonchev–Trinajstić information content (AvgIpc) is 2.67. The molecule has 2 rings (SSSR count). The fourth-order valence-electron chi connectivity index (χ4n) is 2.02. The van der Waals surface area contributed by atoms with Crippen molar-refractivity contribution in [1.82, 2.24) is 4.57 Å². The molecule has 0 saturated heterocycles. The molecule has 0 fully saturated rings. The minimum Gasteiger partial charge on any atom is -0.397 e. The van der Waals surface area contributed by atoms with E-state index in [1.807, 2.05) is 38.2 Å². The normalized spacial score (nSPS) is 10.4. The molecular formula is C14H17N3O. The maximum Gasteiger partial charge on any atom is 0.274 e. The first-order valence-corrected chi connectivity index (χ1v) is 5.76. The lowest BCUT2D eigenvalue weighted by atomic mass is 10.2. The fraction of sp³-hybridized carbons (Fsp3) is 0.214. The Bertz CT molecular complexity index is 586. The minimum atomic E-state index is -0.0662. The van der Waals surface area contributed by atoms with Gasteiger partial charge in [-0.2, -0.15) is 0 Å². The van der Waals surface area contributed by atoms with Crippen LogP contribution in [0.15, 0.2) is 36.5 Å². The molecule has 1 aromatic heterocycles. The van der Waals surface area contributed by atoms with Crippen molar-refractivity contribution < 1.29 is 4.79 Å². The van der Waals surface area contributed by atoms with E-state index in [0.717, 1.165) is 11.3 Å². The lowest BCUT2D eigenvalue weighted by Gasteiger charge is -2.19. The summed E-state index contributed by atoms with van der Waals surface area (Å²) in [5, 5.41) is 0. The number of hydrogen-bond acceptors (Lipinski definition) is 2. The number of benzene rings is 1. The van der Waals surface area contributed by atoms with Crippen LogP contribution >= 0.6 is 0 Å². The van der Waals surface area contributed by atoms with Gasteiger partial charge in [0.25, 0.3) is 5.91 Å². The van der Waals surface area contributed by atoms with Crippen molar-refractivity contribution in [2.45, 2.75) is 6.92 Å². The summed E-state index contributed by atoms with van der Waals surface area (Å²) in [5.74, 6) is -0.0662. The van der Waals surface area contributed by atoms with Gasteiger partial charge < -0.3 is 15.2 Å². The molecule has 4 nitrogen and oxygen atoms in total. The SMILES string of the molecule is Cc1ccccc1N(C)C(=O)c1cc(N)cn1C. The Morgan fingerprint density at radius 1 is 1.33 bits per heavy atom. The first-order valence-electron chi connectivity index (χ1n) is 5.76. The van der Waals surface area contributed by atoms with Crippen LogP contribution in [0.5, 0.6) is 0 Å². The number of amides is 1. The fourth-order valence-corrected chi connectivity index (χ4v) is 2.02. The van der Waals surface area contributed by atoms with Gasteiger partial charge in [0.1, 0.15) is 5.69 Å². The Hall–Kier alpha value is -2.23. The molecule has 0 unspecified atom stereocenters. The van der Waals surface area contributed by atoms with Gasteiger partial charge in [0.2, 0.25) is 0 Å². The molecule has 0 spiro atoms. The van der Waals surface area contributed by atoms with Crippen molar-refractivity contribution in [3.05, 3.63) is 47.8 Å². The second-order valence-electron chi connectivity index (χ2n) is 4.42. The van der Waals surface area contributed by atoms with Crippen LogP contribution in [0.2, 0.25) is 0 Å². The molecule has 0 aliphatic heterocycles. The summed E-state index contributed by atoms with van der Waals surface area (Å²) in [7, 11) is 3.59.